The highest BCUT2D eigenvalue weighted by Gasteiger charge is 2.15. The van der Waals surface area contributed by atoms with Gasteiger partial charge in [-0.05, 0) is 37.5 Å². The molecule has 1 aromatic rings. The van der Waals surface area contributed by atoms with Gasteiger partial charge in [0.15, 0.2) is 0 Å². The van der Waals surface area contributed by atoms with Crippen LogP contribution in [-0.4, -0.2) is 30.4 Å². The van der Waals surface area contributed by atoms with Gasteiger partial charge in [-0.25, -0.2) is 0 Å². The molecule has 3 heteroatoms. The average molecular weight is 249 g/mol. The third-order valence-electron chi connectivity index (χ3n) is 3.43. The molecule has 0 radical (unpaired) electrons. The topological polar surface area (TPSA) is 41.5 Å². The molecule has 0 heterocycles. The highest BCUT2D eigenvalue weighted by Crippen LogP contribution is 2.17. The van der Waals surface area contributed by atoms with Crippen molar-refractivity contribution in [2.24, 2.45) is 0 Å². The Kier molecular flexibility index (Phi) is 5.02. The summed E-state index contributed by atoms with van der Waals surface area (Å²) < 4.78 is 5.57. The van der Waals surface area contributed by atoms with E-state index >= 15 is 0 Å². The molecule has 0 amide bonds. The van der Waals surface area contributed by atoms with E-state index in [-0.39, 0.29) is 0 Å². The van der Waals surface area contributed by atoms with Crippen LogP contribution in [0.15, 0.2) is 24.3 Å². The van der Waals surface area contributed by atoms with Gasteiger partial charge in [-0.3, -0.25) is 0 Å². The number of benzene rings is 1. The van der Waals surface area contributed by atoms with Gasteiger partial charge in [-0.1, -0.05) is 25.0 Å². The normalized spacial score (nSPS) is 17.9. The smallest absolute Gasteiger partial charge is 0.119 e. The summed E-state index contributed by atoms with van der Waals surface area (Å²) in [6, 6.07) is 8.50. The van der Waals surface area contributed by atoms with Crippen LogP contribution in [0.5, 0.6) is 5.75 Å². The minimum Gasteiger partial charge on any atom is -0.491 e. The Morgan fingerprint density at radius 2 is 2.17 bits per heavy atom. The highest BCUT2D eigenvalue weighted by molar-refractivity contribution is 5.27. The van der Waals surface area contributed by atoms with Crippen molar-refractivity contribution in [2.75, 3.05) is 13.2 Å². The second kappa shape index (κ2) is 6.76. The molecule has 1 aromatic carbocycles. The first-order valence-electron chi connectivity index (χ1n) is 6.85. The van der Waals surface area contributed by atoms with Gasteiger partial charge in [-0.2, -0.15) is 0 Å². The van der Waals surface area contributed by atoms with Crippen LogP contribution in [0.25, 0.3) is 0 Å². The van der Waals surface area contributed by atoms with E-state index in [1.165, 1.54) is 31.2 Å². The van der Waals surface area contributed by atoms with Gasteiger partial charge in [0.25, 0.3) is 0 Å². The molecule has 1 fully saturated rings. The number of aliphatic hydroxyl groups excluding tert-OH is 1. The van der Waals surface area contributed by atoms with Crippen LogP contribution >= 0.6 is 0 Å². The standard InChI is InChI=1S/C15H23NO2/c1-12-5-4-8-15(9-12)18-11-14(17)10-16-13-6-2-3-7-13/h4-5,8-9,13-14,16-17H,2-3,6-7,10-11H2,1H3. The van der Waals surface area contributed by atoms with E-state index in [2.05, 4.69) is 5.32 Å². The summed E-state index contributed by atoms with van der Waals surface area (Å²) in [5, 5.41) is 13.3. The molecule has 1 aliphatic rings. The Balaban J connectivity index is 1.66. The first-order chi connectivity index (χ1) is 8.74. The van der Waals surface area contributed by atoms with Gasteiger partial charge in [-0.15, -0.1) is 0 Å². The Hall–Kier alpha value is -1.06. The van der Waals surface area contributed by atoms with Crippen LogP contribution in [0.2, 0.25) is 0 Å². The Bertz CT molecular complexity index is 361. The molecule has 3 nitrogen and oxygen atoms in total. The number of ether oxygens (including phenoxy) is 1. The van der Waals surface area contributed by atoms with Crippen LogP contribution < -0.4 is 10.1 Å². The SMILES string of the molecule is Cc1cccc(OCC(O)CNC2CCCC2)c1. The summed E-state index contributed by atoms with van der Waals surface area (Å²) in [7, 11) is 0. The van der Waals surface area contributed by atoms with E-state index in [0.29, 0.717) is 19.2 Å². The molecule has 1 atom stereocenters. The Labute approximate surface area is 109 Å². The lowest BCUT2D eigenvalue weighted by atomic mass is 10.2. The van der Waals surface area contributed by atoms with Crippen molar-refractivity contribution >= 4 is 0 Å². The molecule has 0 aromatic heterocycles. The predicted molar refractivity (Wildman–Crippen MR) is 72.9 cm³/mol. The van der Waals surface area contributed by atoms with E-state index in [1.54, 1.807) is 0 Å². The van der Waals surface area contributed by atoms with Crippen molar-refractivity contribution in [3.05, 3.63) is 29.8 Å². The molecule has 0 spiro atoms. The molecule has 2 N–H and O–H groups in total. The average Bonchev–Trinajstić information content (AvgIpc) is 2.87. The van der Waals surface area contributed by atoms with Crippen LogP contribution in [-0.2, 0) is 0 Å². The molecular weight excluding hydrogens is 226 g/mol. The van der Waals surface area contributed by atoms with E-state index < -0.39 is 6.10 Å². The quantitative estimate of drug-likeness (QED) is 0.812. The Morgan fingerprint density at radius 3 is 2.89 bits per heavy atom. The highest BCUT2D eigenvalue weighted by atomic mass is 16.5. The third kappa shape index (κ3) is 4.31. The lowest BCUT2D eigenvalue weighted by Gasteiger charge is -2.16. The van der Waals surface area contributed by atoms with Gasteiger partial charge in [0, 0.05) is 12.6 Å². The maximum Gasteiger partial charge on any atom is 0.119 e. The van der Waals surface area contributed by atoms with Gasteiger partial charge in [0.05, 0.1) is 0 Å². The number of hydrogen-bond acceptors (Lipinski definition) is 3. The van der Waals surface area contributed by atoms with Crippen molar-refractivity contribution in [3.8, 4) is 5.75 Å². The van der Waals surface area contributed by atoms with Crippen molar-refractivity contribution in [1.82, 2.24) is 5.32 Å². The molecular formula is C15H23NO2. The maximum absolute atomic E-state index is 9.85. The number of nitrogens with one attached hydrogen (secondary N) is 1. The zero-order valence-corrected chi connectivity index (χ0v) is 11.1. The largest absolute Gasteiger partial charge is 0.491 e. The first kappa shape index (κ1) is 13.4. The summed E-state index contributed by atoms with van der Waals surface area (Å²) in [5.74, 6) is 0.829. The zero-order valence-electron chi connectivity index (χ0n) is 11.1. The van der Waals surface area contributed by atoms with Crippen molar-refractivity contribution in [2.45, 2.75) is 44.8 Å². The fourth-order valence-corrected chi connectivity index (χ4v) is 2.39. The van der Waals surface area contributed by atoms with E-state index in [0.717, 1.165) is 5.75 Å². The zero-order chi connectivity index (χ0) is 12.8. The lowest BCUT2D eigenvalue weighted by Crippen LogP contribution is -2.36. The van der Waals surface area contributed by atoms with Crippen LogP contribution in [0, 0.1) is 6.92 Å². The maximum atomic E-state index is 9.85. The molecule has 1 saturated carbocycles. The number of hydrogen-bond donors (Lipinski definition) is 2. The minimum atomic E-state index is -0.439. The van der Waals surface area contributed by atoms with Crippen molar-refractivity contribution in [1.29, 1.82) is 0 Å². The summed E-state index contributed by atoms with van der Waals surface area (Å²) in [6.07, 6.45) is 4.67. The first-order valence-corrected chi connectivity index (χ1v) is 6.85. The molecule has 0 bridgehead atoms. The van der Waals surface area contributed by atoms with Crippen molar-refractivity contribution < 1.29 is 9.84 Å². The molecule has 18 heavy (non-hydrogen) atoms. The summed E-state index contributed by atoms with van der Waals surface area (Å²) in [4.78, 5) is 0. The summed E-state index contributed by atoms with van der Waals surface area (Å²) in [5.41, 5.74) is 1.17. The fourth-order valence-electron chi connectivity index (χ4n) is 2.39. The molecule has 1 aliphatic carbocycles. The lowest BCUT2D eigenvalue weighted by molar-refractivity contribution is 0.104. The Morgan fingerprint density at radius 1 is 1.39 bits per heavy atom. The molecule has 0 aliphatic heterocycles. The minimum absolute atomic E-state index is 0.350. The van der Waals surface area contributed by atoms with Crippen LogP contribution in [0.3, 0.4) is 0 Å². The van der Waals surface area contributed by atoms with E-state index in [4.69, 9.17) is 4.74 Å². The molecule has 0 saturated heterocycles. The second-order valence-corrected chi connectivity index (χ2v) is 5.17. The predicted octanol–water partition coefficient (Wildman–Crippen LogP) is 2.27. The molecule has 1 unspecified atom stereocenters. The van der Waals surface area contributed by atoms with Crippen molar-refractivity contribution in [3.63, 3.8) is 0 Å². The van der Waals surface area contributed by atoms with Crippen LogP contribution in [0.4, 0.5) is 0 Å². The number of aliphatic hydroxyl groups is 1. The number of rotatable bonds is 6. The monoisotopic (exact) mass is 249 g/mol. The number of aryl methyl sites for hydroxylation is 1. The second-order valence-electron chi connectivity index (χ2n) is 5.17. The third-order valence-corrected chi connectivity index (χ3v) is 3.43. The van der Waals surface area contributed by atoms with Gasteiger partial charge >= 0.3 is 0 Å². The summed E-state index contributed by atoms with van der Waals surface area (Å²) >= 11 is 0. The van der Waals surface area contributed by atoms with Gasteiger partial charge in [0.1, 0.15) is 18.5 Å². The van der Waals surface area contributed by atoms with Crippen LogP contribution in [0.1, 0.15) is 31.2 Å². The van der Waals surface area contributed by atoms with E-state index in [9.17, 15) is 5.11 Å². The molecule has 100 valence electrons. The van der Waals surface area contributed by atoms with Gasteiger partial charge < -0.3 is 15.2 Å². The molecule has 2 rings (SSSR count). The summed E-state index contributed by atoms with van der Waals surface area (Å²) in [6.45, 7) is 3.00. The van der Waals surface area contributed by atoms with E-state index in [1.807, 2.05) is 31.2 Å². The fraction of sp³-hybridized carbons (Fsp3) is 0.600. The van der Waals surface area contributed by atoms with Gasteiger partial charge in [0.2, 0.25) is 0 Å².